The van der Waals surface area contributed by atoms with Gasteiger partial charge in [-0.15, -0.1) is 0 Å². The first-order valence-electron chi connectivity index (χ1n) is 12.0. The van der Waals surface area contributed by atoms with E-state index in [1.807, 2.05) is 61.5 Å². The summed E-state index contributed by atoms with van der Waals surface area (Å²) in [6, 6.07) is 23.0. The lowest BCUT2D eigenvalue weighted by Crippen LogP contribution is -2.50. The predicted octanol–water partition coefficient (Wildman–Crippen LogP) is 5.06. The number of piperazine rings is 1. The molecule has 190 valence electrons. The smallest absolute Gasteiger partial charge is 0.378 e. The van der Waals surface area contributed by atoms with E-state index in [2.05, 4.69) is 27.2 Å². The topological polar surface area (TPSA) is 38.8 Å². The first kappa shape index (κ1) is 25.6. The number of nitrogens with zero attached hydrogens (tertiary/aromatic N) is 3. The molecule has 1 saturated heterocycles. The van der Waals surface area contributed by atoms with Gasteiger partial charge in [0.05, 0.1) is 17.2 Å². The van der Waals surface area contributed by atoms with Crippen LogP contribution >= 0.6 is 0 Å². The van der Waals surface area contributed by atoms with E-state index in [-0.39, 0.29) is 18.2 Å². The largest absolute Gasteiger partial charge is 0.417 e. The van der Waals surface area contributed by atoms with Gasteiger partial charge in [-0.05, 0) is 42.0 Å². The summed E-state index contributed by atoms with van der Waals surface area (Å²) in [5.74, 6) is -0.722. The van der Waals surface area contributed by atoms with Gasteiger partial charge < -0.3 is 15.1 Å². The fourth-order valence-corrected chi connectivity index (χ4v) is 4.60. The van der Waals surface area contributed by atoms with Crippen molar-refractivity contribution in [1.29, 1.82) is 0 Å². The van der Waals surface area contributed by atoms with Gasteiger partial charge in [0.25, 0.3) is 5.91 Å². The summed E-state index contributed by atoms with van der Waals surface area (Å²) in [5.41, 5.74) is 1.94. The molecular weight excluding hydrogens is 465 g/mol. The van der Waals surface area contributed by atoms with Crippen molar-refractivity contribution in [3.05, 3.63) is 95.6 Å². The third-order valence-corrected chi connectivity index (χ3v) is 6.60. The van der Waals surface area contributed by atoms with Gasteiger partial charge in [-0.3, -0.25) is 9.69 Å². The number of para-hydroxylation sites is 1. The van der Waals surface area contributed by atoms with Crippen molar-refractivity contribution in [2.24, 2.45) is 0 Å². The van der Waals surface area contributed by atoms with E-state index >= 15 is 0 Å². The molecule has 1 fully saturated rings. The lowest BCUT2D eigenvalue weighted by molar-refractivity contribution is -0.137. The molecule has 0 aliphatic carbocycles. The van der Waals surface area contributed by atoms with E-state index in [0.717, 1.165) is 43.5 Å². The van der Waals surface area contributed by atoms with Crippen LogP contribution in [0.2, 0.25) is 0 Å². The summed E-state index contributed by atoms with van der Waals surface area (Å²) < 4.78 is 40.3. The number of anilines is 2. The number of nitrogens with one attached hydrogen (secondary N) is 1. The zero-order chi connectivity index (χ0) is 25.7. The molecule has 8 heteroatoms. The number of hydrogen-bond acceptors (Lipinski definition) is 4. The SMILES string of the molecule is CN(C)c1ccc(C(CNC(=O)c2ccccc2C(F)(F)F)N2CCN(c3ccccc3)CC2)cc1. The van der Waals surface area contributed by atoms with Crippen molar-refractivity contribution >= 4 is 17.3 Å². The summed E-state index contributed by atoms with van der Waals surface area (Å²) in [6.45, 7) is 3.38. The highest BCUT2D eigenvalue weighted by Gasteiger charge is 2.35. The van der Waals surface area contributed by atoms with Crippen LogP contribution in [0, 0.1) is 0 Å². The van der Waals surface area contributed by atoms with Crippen molar-refractivity contribution in [2.45, 2.75) is 12.2 Å². The van der Waals surface area contributed by atoms with Crippen LogP contribution in [0.1, 0.15) is 27.5 Å². The van der Waals surface area contributed by atoms with Crippen molar-refractivity contribution in [3.63, 3.8) is 0 Å². The molecule has 1 heterocycles. The molecule has 3 aromatic carbocycles. The second-order valence-corrected chi connectivity index (χ2v) is 9.11. The molecule has 4 rings (SSSR count). The predicted molar refractivity (Wildman–Crippen MR) is 138 cm³/mol. The minimum Gasteiger partial charge on any atom is -0.378 e. The second kappa shape index (κ2) is 11.0. The van der Waals surface area contributed by atoms with E-state index in [0.29, 0.717) is 0 Å². The van der Waals surface area contributed by atoms with Crippen LogP contribution in [0.3, 0.4) is 0 Å². The third-order valence-electron chi connectivity index (χ3n) is 6.60. The number of hydrogen-bond donors (Lipinski definition) is 1. The monoisotopic (exact) mass is 496 g/mol. The van der Waals surface area contributed by atoms with Gasteiger partial charge >= 0.3 is 6.18 Å². The molecule has 1 N–H and O–H groups in total. The van der Waals surface area contributed by atoms with E-state index < -0.39 is 17.6 Å². The molecule has 0 radical (unpaired) electrons. The number of carbonyl (C=O) groups is 1. The summed E-state index contributed by atoms with van der Waals surface area (Å²) in [6.07, 6.45) is -4.59. The second-order valence-electron chi connectivity index (χ2n) is 9.11. The summed E-state index contributed by atoms with van der Waals surface area (Å²) in [4.78, 5) is 19.5. The molecule has 0 saturated carbocycles. The standard InChI is InChI=1S/C28H31F3N4O/c1-33(2)22-14-12-21(13-15-22)26(35-18-16-34(17-19-35)23-8-4-3-5-9-23)20-32-27(36)24-10-6-7-11-25(24)28(29,30)31/h3-15,26H,16-20H2,1-2H3,(H,32,36). The first-order chi connectivity index (χ1) is 17.2. The van der Waals surface area contributed by atoms with Gasteiger partial charge in [0.1, 0.15) is 0 Å². The Hall–Kier alpha value is -3.52. The van der Waals surface area contributed by atoms with Crippen LogP contribution < -0.4 is 15.1 Å². The van der Waals surface area contributed by atoms with Crippen molar-refractivity contribution in [3.8, 4) is 0 Å². The minimum atomic E-state index is -4.59. The third kappa shape index (κ3) is 5.99. The average Bonchev–Trinajstić information content (AvgIpc) is 2.89. The highest BCUT2D eigenvalue weighted by atomic mass is 19.4. The van der Waals surface area contributed by atoms with Gasteiger partial charge in [-0.2, -0.15) is 13.2 Å². The molecular formula is C28H31F3N4O. The zero-order valence-corrected chi connectivity index (χ0v) is 20.5. The fraction of sp³-hybridized carbons (Fsp3) is 0.321. The molecule has 1 amide bonds. The lowest BCUT2D eigenvalue weighted by atomic mass is 10.0. The van der Waals surface area contributed by atoms with Crippen LogP contribution in [-0.2, 0) is 6.18 Å². The molecule has 3 aromatic rings. The molecule has 1 aliphatic heterocycles. The van der Waals surface area contributed by atoms with Crippen LogP contribution in [0.15, 0.2) is 78.9 Å². The van der Waals surface area contributed by atoms with Crippen LogP contribution in [0.25, 0.3) is 0 Å². The van der Waals surface area contributed by atoms with Gasteiger partial charge in [0.2, 0.25) is 0 Å². The van der Waals surface area contributed by atoms with Crippen molar-refractivity contribution < 1.29 is 18.0 Å². The zero-order valence-electron chi connectivity index (χ0n) is 20.5. The molecule has 1 unspecified atom stereocenters. The highest BCUT2D eigenvalue weighted by Crippen LogP contribution is 2.32. The number of rotatable bonds is 7. The molecule has 36 heavy (non-hydrogen) atoms. The van der Waals surface area contributed by atoms with E-state index in [1.54, 1.807) is 0 Å². The van der Waals surface area contributed by atoms with E-state index in [9.17, 15) is 18.0 Å². The Bertz CT molecular complexity index is 1140. The van der Waals surface area contributed by atoms with Gasteiger partial charge in [0.15, 0.2) is 0 Å². The highest BCUT2D eigenvalue weighted by molar-refractivity contribution is 5.95. The number of halogens is 3. The first-order valence-corrected chi connectivity index (χ1v) is 12.0. The maximum absolute atomic E-state index is 13.4. The van der Waals surface area contributed by atoms with Gasteiger partial charge in [0, 0.05) is 58.2 Å². The maximum atomic E-state index is 13.4. The Balaban J connectivity index is 1.52. The van der Waals surface area contributed by atoms with Crippen LogP contribution in [-0.4, -0.2) is 57.6 Å². The van der Waals surface area contributed by atoms with E-state index in [4.69, 9.17) is 0 Å². The van der Waals surface area contributed by atoms with Gasteiger partial charge in [-0.25, -0.2) is 0 Å². The number of benzene rings is 3. The van der Waals surface area contributed by atoms with Crippen molar-refractivity contribution in [2.75, 3.05) is 56.6 Å². The maximum Gasteiger partial charge on any atom is 0.417 e. The Kier molecular flexibility index (Phi) is 7.84. The average molecular weight is 497 g/mol. The number of carbonyl (C=O) groups excluding carboxylic acids is 1. The quantitative estimate of drug-likeness (QED) is 0.496. The van der Waals surface area contributed by atoms with Crippen LogP contribution in [0.4, 0.5) is 24.5 Å². The van der Waals surface area contributed by atoms with Gasteiger partial charge in [-0.1, -0.05) is 42.5 Å². The molecule has 5 nitrogen and oxygen atoms in total. The fourth-order valence-electron chi connectivity index (χ4n) is 4.60. The number of alkyl halides is 3. The normalized spacial score (nSPS) is 15.4. The number of amides is 1. The Morgan fingerprint density at radius 3 is 2.11 bits per heavy atom. The Morgan fingerprint density at radius 2 is 1.50 bits per heavy atom. The summed E-state index contributed by atoms with van der Waals surface area (Å²) in [5, 5.41) is 2.78. The molecule has 0 bridgehead atoms. The summed E-state index contributed by atoms with van der Waals surface area (Å²) in [7, 11) is 3.93. The molecule has 1 atom stereocenters. The van der Waals surface area contributed by atoms with Crippen LogP contribution in [0.5, 0.6) is 0 Å². The van der Waals surface area contributed by atoms with E-state index in [1.165, 1.54) is 23.9 Å². The minimum absolute atomic E-state index is 0.166. The molecule has 0 spiro atoms. The molecule has 0 aromatic heterocycles. The van der Waals surface area contributed by atoms with Crippen molar-refractivity contribution in [1.82, 2.24) is 10.2 Å². The lowest BCUT2D eigenvalue weighted by Gasteiger charge is -2.40. The Morgan fingerprint density at radius 1 is 0.889 bits per heavy atom. The Labute approximate surface area is 210 Å². The summed E-state index contributed by atoms with van der Waals surface area (Å²) >= 11 is 0. The molecule has 1 aliphatic rings.